The number of hydrogen-bond donors (Lipinski definition) is 1. The molecule has 0 spiro atoms. The van der Waals surface area contributed by atoms with Crippen LogP contribution < -0.4 is 15.4 Å². The zero-order valence-corrected chi connectivity index (χ0v) is 11.6. The average Bonchev–Trinajstić information content (AvgIpc) is 3.09. The van der Waals surface area contributed by atoms with Crippen molar-refractivity contribution in [1.82, 2.24) is 0 Å². The molecule has 2 aliphatic rings. The normalized spacial score (nSPS) is 19.0. The monoisotopic (exact) mass is 280 g/mol. The number of amides is 1. The standard InChI is InChI=1S/C17H16N2O2/c18-13-5-6-14-11(9-13)7-8-19(14)17(20)16-10-12-3-1-2-4-15(12)21-16/h1-6,9,16H,7-8,10,18H2. The topological polar surface area (TPSA) is 55.6 Å². The van der Waals surface area contributed by atoms with Crippen molar-refractivity contribution in [2.24, 2.45) is 0 Å². The molecule has 0 saturated heterocycles. The van der Waals surface area contributed by atoms with E-state index in [2.05, 4.69) is 0 Å². The number of fused-ring (bicyclic) bond motifs is 2. The molecule has 1 atom stereocenters. The Balaban J connectivity index is 1.59. The molecule has 4 nitrogen and oxygen atoms in total. The SMILES string of the molecule is Nc1ccc2c(c1)CCN2C(=O)C1Cc2ccccc2O1. The van der Waals surface area contributed by atoms with E-state index in [-0.39, 0.29) is 5.91 Å². The quantitative estimate of drug-likeness (QED) is 0.814. The van der Waals surface area contributed by atoms with Gasteiger partial charge in [-0.05, 0) is 41.8 Å². The zero-order chi connectivity index (χ0) is 14.4. The van der Waals surface area contributed by atoms with Crippen LogP contribution in [0.4, 0.5) is 11.4 Å². The van der Waals surface area contributed by atoms with Crippen LogP contribution in [0, 0.1) is 0 Å². The van der Waals surface area contributed by atoms with Crippen LogP contribution in [0.1, 0.15) is 11.1 Å². The molecule has 2 N–H and O–H groups in total. The van der Waals surface area contributed by atoms with Crippen molar-refractivity contribution < 1.29 is 9.53 Å². The molecule has 0 fully saturated rings. The van der Waals surface area contributed by atoms with Crippen LogP contribution in [0.5, 0.6) is 5.75 Å². The van der Waals surface area contributed by atoms with Gasteiger partial charge in [0.25, 0.3) is 5.91 Å². The number of rotatable bonds is 1. The van der Waals surface area contributed by atoms with Crippen LogP contribution >= 0.6 is 0 Å². The first-order valence-corrected chi connectivity index (χ1v) is 7.17. The molecule has 4 heteroatoms. The van der Waals surface area contributed by atoms with E-state index in [1.165, 1.54) is 0 Å². The van der Waals surface area contributed by atoms with E-state index in [9.17, 15) is 4.79 Å². The van der Waals surface area contributed by atoms with Crippen molar-refractivity contribution in [2.75, 3.05) is 17.2 Å². The molecule has 0 aromatic heterocycles. The Bertz CT molecular complexity index is 701. The first kappa shape index (κ1) is 12.3. The Morgan fingerprint density at radius 2 is 2.05 bits per heavy atom. The molecule has 0 radical (unpaired) electrons. The van der Waals surface area contributed by atoms with Crippen LogP contribution in [0.2, 0.25) is 0 Å². The Labute approximate surface area is 123 Å². The van der Waals surface area contributed by atoms with Crippen LogP contribution in [-0.4, -0.2) is 18.6 Å². The first-order chi connectivity index (χ1) is 10.2. The summed E-state index contributed by atoms with van der Waals surface area (Å²) in [5.74, 6) is 0.863. The molecule has 0 aliphatic carbocycles. The first-order valence-electron chi connectivity index (χ1n) is 7.17. The van der Waals surface area contributed by atoms with E-state index in [1.54, 1.807) is 0 Å². The van der Waals surface area contributed by atoms with Gasteiger partial charge in [0, 0.05) is 24.3 Å². The summed E-state index contributed by atoms with van der Waals surface area (Å²) in [5.41, 5.74) is 9.76. The summed E-state index contributed by atoms with van der Waals surface area (Å²) in [6.45, 7) is 0.702. The molecule has 2 aromatic carbocycles. The van der Waals surface area contributed by atoms with Gasteiger partial charge in [0.1, 0.15) is 5.75 Å². The number of benzene rings is 2. The van der Waals surface area contributed by atoms with Crippen LogP contribution in [0.25, 0.3) is 0 Å². The molecule has 21 heavy (non-hydrogen) atoms. The molecule has 106 valence electrons. The van der Waals surface area contributed by atoms with Gasteiger partial charge < -0.3 is 15.4 Å². The molecule has 2 aromatic rings. The van der Waals surface area contributed by atoms with Gasteiger partial charge in [0.05, 0.1) is 0 Å². The van der Waals surface area contributed by atoms with Crippen LogP contribution in [0.15, 0.2) is 42.5 Å². The summed E-state index contributed by atoms with van der Waals surface area (Å²) in [6, 6.07) is 13.6. The second-order valence-electron chi connectivity index (χ2n) is 5.55. The highest BCUT2D eigenvalue weighted by molar-refractivity contribution is 5.99. The highest BCUT2D eigenvalue weighted by Gasteiger charge is 2.35. The van der Waals surface area contributed by atoms with Crippen molar-refractivity contribution >= 4 is 17.3 Å². The number of ether oxygens (including phenoxy) is 1. The molecular weight excluding hydrogens is 264 g/mol. The number of hydrogen-bond acceptors (Lipinski definition) is 3. The Morgan fingerprint density at radius 3 is 2.90 bits per heavy atom. The highest BCUT2D eigenvalue weighted by atomic mass is 16.5. The van der Waals surface area contributed by atoms with Crippen LogP contribution in [-0.2, 0) is 17.6 Å². The maximum Gasteiger partial charge on any atom is 0.268 e. The molecule has 4 rings (SSSR count). The van der Waals surface area contributed by atoms with Gasteiger partial charge in [-0.3, -0.25) is 4.79 Å². The lowest BCUT2D eigenvalue weighted by Crippen LogP contribution is -2.40. The second kappa shape index (κ2) is 4.52. The van der Waals surface area contributed by atoms with E-state index in [0.717, 1.165) is 34.7 Å². The summed E-state index contributed by atoms with van der Waals surface area (Å²) in [5, 5.41) is 0. The maximum atomic E-state index is 12.7. The lowest BCUT2D eigenvalue weighted by molar-refractivity contribution is -0.124. The summed E-state index contributed by atoms with van der Waals surface area (Å²) >= 11 is 0. The fraction of sp³-hybridized carbons (Fsp3) is 0.235. The molecule has 1 amide bonds. The third kappa shape index (κ3) is 1.95. The van der Waals surface area contributed by atoms with Crippen LogP contribution in [0.3, 0.4) is 0 Å². The van der Waals surface area contributed by atoms with Crippen molar-refractivity contribution in [3.05, 3.63) is 53.6 Å². The number of para-hydroxylation sites is 1. The summed E-state index contributed by atoms with van der Waals surface area (Å²) in [6.07, 6.45) is 1.09. The van der Waals surface area contributed by atoms with E-state index in [4.69, 9.17) is 10.5 Å². The fourth-order valence-electron chi connectivity index (χ4n) is 3.14. The lowest BCUT2D eigenvalue weighted by Gasteiger charge is -2.21. The summed E-state index contributed by atoms with van der Waals surface area (Å²) < 4.78 is 5.80. The predicted molar refractivity (Wildman–Crippen MR) is 81.5 cm³/mol. The second-order valence-corrected chi connectivity index (χ2v) is 5.55. The van der Waals surface area contributed by atoms with Gasteiger partial charge >= 0.3 is 0 Å². The molecule has 2 heterocycles. The van der Waals surface area contributed by atoms with Gasteiger partial charge in [0.2, 0.25) is 0 Å². The number of nitrogen functional groups attached to an aromatic ring is 1. The summed E-state index contributed by atoms with van der Waals surface area (Å²) in [7, 11) is 0. The number of carbonyl (C=O) groups is 1. The minimum atomic E-state index is -0.411. The van der Waals surface area contributed by atoms with E-state index in [1.807, 2.05) is 47.4 Å². The van der Waals surface area contributed by atoms with Gasteiger partial charge in [-0.25, -0.2) is 0 Å². The van der Waals surface area contributed by atoms with Crippen molar-refractivity contribution in [1.29, 1.82) is 0 Å². The zero-order valence-electron chi connectivity index (χ0n) is 11.6. The third-order valence-electron chi connectivity index (χ3n) is 4.19. The molecular formula is C17H16N2O2. The van der Waals surface area contributed by atoms with Crippen molar-refractivity contribution in [2.45, 2.75) is 18.9 Å². The molecule has 2 aliphatic heterocycles. The van der Waals surface area contributed by atoms with Gasteiger partial charge in [-0.1, -0.05) is 18.2 Å². The van der Waals surface area contributed by atoms with Gasteiger partial charge in [0.15, 0.2) is 6.10 Å². The minimum absolute atomic E-state index is 0.0368. The average molecular weight is 280 g/mol. The number of nitrogens with two attached hydrogens (primary N) is 1. The third-order valence-corrected chi connectivity index (χ3v) is 4.19. The van der Waals surface area contributed by atoms with Gasteiger partial charge in [-0.15, -0.1) is 0 Å². The number of anilines is 2. The van der Waals surface area contributed by atoms with E-state index in [0.29, 0.717) is 13.0 Å². The molecule has 0 bridgehead atoms. The minimum Gasteiger partial charge on any atom is -0.480 e. The largest absolute Gasteiger partial charge is 0.480 e. The molecule has 1 unspecified atom stereocenters. The Morgan fingerprint density at radius 1 is 1.19 bits per heavy atom. The smallest absolute Gasteiger partial charge is 0.268 e. The highest BCUT2D eigenvalue weighted by Crippen LogP contribution is 2.33. The van der Waals surface area contributed by atoms with Crippen molar-refractivity contribution in [3.8, 4) is 5.75 Å². The van der Waals surface area contributed by atoms with E-state index < -0.39 is 6.10 Å². The van der Waals surface area contributed by atoms with Gasteiger partial charge in [-0.2, -0.15) is 0 Å². The summed E-state index contributed by atoms with van der Waals surface area (Å²) in [4.78, 5) is 14.6. The predicted octanol–water partition coefficient (Wildman–Crippen LogP) is 2.16. The number of carbonyl (C=O) groups excluding carboxylic acids is 1. The molecule has 0 saturated carbocycles. The lowest BCUT2D eigenvalue weighted by atomic mass is 10.1. The fourth-order valence-corrected chi connectivity index (χ4v) is 3.14. The van der Waals surface area contributed by atoms with E-state index >= 15 is 0 Å². The Kier molecular flexibility index (Phi) is 2.64. The maximum absolute atomic E-state index is 12.7. The Hall–Kier alpha value is -2.49. The van der Waals surface area contributed by atoms with Crippen molar-refractivity contribution in [3.63, 3.8) is 0 Å². The number of nitrogens with zero attached hydrogens (tertiary/aromatic N) is 1.